The molecule has 0 N–H and O–H groups in total. The highest BCUT2D eigenvalue weighted by molar-refractivity contribution is 6.30. The molecule has 2 rings (SSSR count). The molecule has 0 amide bonds. The van der Waals surface area contributed by atoms with Gasteiger partial charge in [-0.2, -0.15) is 13.2 Å². The van der Waals surface area contributed by atoms with Crippen molar-refractivity contribution in [2.75, 3.05) is 0 Å². The fourth-order valence-corrected chi connectivity index (χ4v) is 1.83. The SMILES string of the molecule is FC(F)(F)c1cc(Cl)cc([C]2CCC2)c1. The first-order valence-corrected chi connectivity index (χ1v) is 5.07. The fraction of sp³-hybridized carbons (Fsp3) is 0.364. The summed E-state index contributed by atoms with van der Waals surface area (Å²) in [4.78, 5) is 0. The molecule has 15 heavy (non-hydrogen) atoms. The van der Waals surface area contributed by atoms with Crippen molar-refractivity contribution in [1.82, 2.24) is 0 Å². The second-order valence-corrected chi connectivity index (χ2v) is 4.12. The molecule has 81 valence electrons. The number of halogens is 4. The summed E-state index contributed by atoms with van der Waals surface area (Å²) in [6.45, 7) is 0. The summed E-state index contributed by atoms with van der Waals surface area (Å²) in [5.74, 6) is 1.07. The zero-order valence-electron chi connectivity index (χ0n) is 7.87. The van der Waals surface area contributed by atoms with Crippen molar-refractivity contribution < 1.29 is 13.2 Å². The second-order valence-electron chi connectivity index (χ2n) is 3.68. The van der Waals surface area contributed by atoms with Gasteiger partial charge >= 0.3 is 6.18 Å². The maximum atomic E-state index is 12.5. The van der Waals surface area contributed by atoms with Crippen molar-refractivity contribution in [3.05, 3.63) is 40.3 Å². The monoisotopic (exact) mass is 233 g/mol. The number of rotatable bonds is 1. The van der Waals surface area contributed by atoms with Crippen molar-refractivity contribution in [2.24, 2.45) is 0 Å². The van der Waals surface area contributed by atoms with Gasteiger partial charge in [0.1, 0.15) is 0 Å². The van der Waals surface area contributed by atoms with E-state index in [4.69, 9.17) is 11.6 Å². The molecule has 1 radical (unpaired) electrons. The van der Waals surface area contributed by atoms with Gasteiger partial charge in [0.15, 0.2) is 0 Å². The Labute approximate surface area is 91.1 Å². The molecular weight excluding hydrogens is 225 g/mol. The molecule has 0 saturated heterocycles. The molecule has 0 unspecified atom stereocenters. The van der Waals surface area contributed by atoms with Crippen LogP contribution in [0.5, 0.6) is 0 Å². The molecule has 0 nitrogen and oxygen atoms in total. The van der Waals surface area contributed by atoms with Crippen molar-refractivity contribution in [2.45, 2.75) is 25.4 Å². The Hall–Kier alpha value is -0.700. The third-order valence-electron chi connectivity index (χ3n) is 2.59. The van der Waals surface area contributed by atoms with Crippen LogP contribution >= 0.6 is 11.6 Å². The maximum absolute atomic E-state index is 12.5. The third-order valence-corrected chi connectivity index (χ3v) is 2.81. The van der Waals surface area contributed by atoms with Gasteiger partial charge in [0.25, 0.3) is 0 Å². The van der Waals surface area contributed by atoms with Gasteiger partial charge in [0, 0.05) is 10.9 Å². The maximum Gasteiger partial charge on any atom is 0.416 e. The van der Waals surface area contributed by atoms with Gasteiger partial charge in [-0.25, -0.2) is 0 Å². The standard InChI is InChI=1S/C11H9ClF3/c12-10-5-8(7-2-1-3-7)4-9(6-10)11(13,14)15/h4-6H,1-3H2. The van der Waals surface area contributed by atoms with Crippen LogP contribution in [0.2, 0.25) is 5.02 Å². The lowest BCUT2D eigenvalue weighted by Crippen LogP contribution is -2.12. The van der Waals surface area contributed by atoms with Crippen LogP contribution in [0.3, 0.4) is 0 Å². The minimum absolute atomic E-state index is 0.152. The first-order chi connectivity index (χ1) is 6.97. The first-order valence-electron chi connectivity index (χ1n) is 4.70. The molecule has 0 heterocycles. The molecule has 0 atom stereocenters. The van der Waals surface area contributed by atoms with Gasteiger partial charge in [0.05, 0.1) is 5.56 Å². The summed E-state index contributed by atoms with van der Waals surface area (Å²) >= 11 is 5.67. The summed E-state index contributed by atoms with van der Waals surface area (Å²) in [5.41, 5.74) is -0.0227. The molecule has 1 aliphatic carbocycles. The van der Waals surface area contributed by atoms with E-state index in [2.05, 4.69) is 0 Å². The predicted octanol–water partition coefficient (Wildman–Crippen LogP) is 4.47. The van der Waals surface area contributed by atoms with Crippen molar-refractivity contribution in [3.8, 4) is 0 Å². The second kappa shape index (κ2) is 3.71. The number of hydrogen-bond acceptors (Lipinski definition) is 0. The summed E-state index contributed by atoms with van der Waals surface area (Å²) in [7, 11) is 0. The molecule has 1 aromatic rings. The molecular formula is C11H9ClF3. The molecule has 1 fully saturated rings. The Morgan fingerprint density at radius 3 is 2.20 bits per heavy atom. The van der Waals surface area contributed by atoms with Crippen LogP contribution in [0.25, 0.3) is 0 Å². The summed E-state index contributed by atoms with van der Waals surface area (Å²) in [6.07, 6.45) is -1.48. The zero-order chi connectivity index (χ0) is 11.1. The van der Waals surface area contributed by atoms with Crippen LogP contribution in [0.15, 0.2) is 18.2 Å². The molecule has 1 aliphatic rings. The first kappa shape index (κ1) is 10.8. The third kappa shape index (κ3) is 2.28. The Morgan fingerprint density at radius 2 is 1.73 bits per heavy atom. The van der Waals surface area contributed by atoms with Gasteiger partial charge < -0.3 is 0 Å². The van der Waals surface area contributed by atoms with E-state index >= 15 is 0 Å². The van der Waals surface area contributed by atoms with Crippen LogP contribution in [-0.4, -0.2) is 0 Å². The smallest absolute Gasteiger partial charge is 0.166 e. The van der Waals surface area contributed by atoms with E-state index in [1.165, 1.54) is 6.07 Å². The van der Waals surface area contributed by atoms with Crippen LogP contribution in [0, 0.1) is 5.92 Å². The van der Waals surface area contributed by atoms with Crippen molar-refractivity contribution in [3.63, 3.8) is 0 Å². The Bertz CT molecular complexity index is 367. The number of alkyl halides is 3. The minimum atomic E-state index is -4.32. The van der Waals surface area contributed by atoms with Crippen molar-refractivity contribution in [1.29, 1.82) is 0 Å². The normalized spacial score (nSPS) is 17.6. The fourth-order valence-electron chi connectivity index (χ4n) is 1.60. The predicted molar refractivity (Wildman–Crippen MR) is 52.7 cm³/mol. The van der Waals surface area contributed by atoms with E-state index in [1.54, 1.807) is 6.07 Å². The van der Waals surface area contributed by atoms with E-state index in [-0.39, 0.29) is 5.02 Å². The molecule has 0 aliphatic heterocycles. The molecule has 1 saturated carbocycles. The quantitative estimate of drug-likeness (QED) is 0.672. The van der Waals surface area contributed by atoms with Crippen molar-refractivity contribution >= 4 is 11.6 Å². The lowest BCUT2D eigenvalue weighted by atomic mass is 9.79. The van der Waals surface area contributed by atoms with E-state index < -0.39 is 11.7 Å². The average Bonchev–Trinajstić information content (AvgIpc) is 1.97. The van der Waals surface area contributed by atoms with Gasteiger partial charge in [0.2, 0.25) is 0 Å². The van der Waals surface area contributed by atoms with Crippen LogP contribution < -0.4 is 0 Å². The topological polar surface area (TPSA) is 0 Å². The van der Waals surface area contributed by atoms with E-state index in [0.717, 1.165) is 31.2 Å². The molecule has 0 spiro atoms. The molecule has 0 bridgehead atoms. The zero-order valence-corrected chi connectivity index (χ0v) is 8.62. The van der Waals surface area contributed by atoms with E-state index in [0.29, 0.717) is 5.56 Å². The Morgan fingerprint density at radius 1 is 1.07 bits per heavy atom. The lowest BCUT2D eigenvalue weighted by molar-refractivity contribution is -0.137. The highest BCUT2D eigenvalue weighted by Gasteiger charge is 2.32. The van der Waals surface area contributed by atoms with Gasteiger partial charge in [-0.05, 0) is 36.6 Å². The average molecular weight is 234 g/mol. The van der Waals surface area contributed by atoms with Gasteiger partial charge in [-0.1, -0.05) is 18.0 Å². The summed E-state index contributed by atoms with van der Waals surface area (Å²) in [6, 6.07) is 3.75. The Balaban J connectivity index is 2.36. The van der Waals surface area contributed by atoms with E-state index in [1.807, 2.05) is 0 Å². The lowest BCUT2D eigenvalue weighted by Gasteiger charge is -2.25. The van der Waals surface area contributed by atoms with Gasteiger partial charge in [-0.15, -0.1) is 0 Å². The molecule has 1 aromatic carbocycles. The minimum Gasteiger partial charge on any atom is -0.166 e. The van der Waals surface area contributed by atoms with E-state index in [9.17, 15) is 13.2 Å². The summed E-state index contributed by atoms with van der Waals surface area (Å²) < 4.78 is 37.4. The highest BCUT2D eigenvalue weighted by atomic mass is 35.5. The summed E-state index contributed by atoms with van der Waals surface area (Å²) in [5, 5.41) is 0.152. The van der Waals surface area contributed by atoms with Crippen LogP contribution in [-0.2, 0) is 6.18 Å². The number of benzene rings is 1. The Kier molecular flexibility index (Phi) is 2.67. The van der Waals surface area contributed by atoms with Gasteiger partial charge in [-0.3, -0.25) is 0 Å². The molecule has 4 heteroatoms. The molecule has 0 aromatic heterocycles. The highest BCUT2D eigenvalue weighted by Crippen LogP contribution is 2.39. The largest absolute Gasteiger partial charge is 0.416 e. The number of hydrogen-bond donors (Lipinski definition) is 0. The van der Waals surface area contributed by atoms with Crippen LogP contribution in [0.4, 0.5) is 13.2 Å². The van der Waals surface area contributed by atoms with Crippen LogP contribution in [0.1, 0.15) is 30.4 Å².